The highest BCUT2D eigenvalue weighted by atomic mass is 35.5. The van der Waals surface area contributed by atoms with Crippen molar-refractivity contribution in [2.24, 2.45) is 5.41 Å². The molecule has 1 aromatic heterocycles. The fourth-order valence-corrected chi connectivity index (χ4v) is 6.58. The first-order chi connectivity index (χ1) is 18.9. The zero-order chi connectivity index (χ0) is 27.0. The molecule has 2 N–H and O–H groups in total. The first kappa shape index (κ1) is 26.0. The van der Waals surface area contributed by atoms with E-state index in [1.54, 1.807) is 18.2 Å². The predicted molar refractivity (Wildman–Crippen MR) is 155 cm³/mol. The lowest BCUT2D eigenvalue weighted by molar-refractivity contribution is 0.0764. The van der Waals surface area contributed by atoms with E-state index in [-0.39, 0.29) is 23.4 Å². The van der Waals surface area contributed by atoms with Crippen molar-refractivity contribution < 1.29 is 9.59 Å². The first-order valence-corrected chi connectivity index (χ1v) is 14.2. The number of fused-ring (bicyclic) bond motifs is 1. The van der Waals surface area contributed by atoms with E-state index in [0.717, 1.165) is 63.8 Å². The quantitative estimate of drug-likeness (QED) is 0.388. The highest BCUT2D eigenvalue weighted by molar-refractivity contribution is 6.42. The molecule has 1 aliphatic carbocycles. The van der Waals surface area contributed by atoms with Crippen LogP contribution in [0.4, 0.5) is 16.2 Å². The summed E-state index contributed by atoms with van der Waals surface area (Å²) in [5.74, 6) is 0.0807. The van der Waals surface area contributed by atoms with Gasteiger partial charge in [-0.05, 0) is 91.1 Å². The van der Waals surface area contributed by atoms with Gasteiger partial charge in [0.25, 0.3) is 5.91 Å². The molecule has 3 heterocycles. The molecule has 7 nitrogen and oxygen atoms in total. The molecule has 1 spiro atoms. The summed E-state index contributed by atoms with van der Waals surface area (Å²) in [4.78, 5) is 34.9. The molecule has 1 atom stereocenters. The summed E-state index contributed by atoms with van der Waals surface area (Å²) in [6.07, 6.45) is 8.56. The third-order valence-corrected chi connectivity index (χ3v) is 9.27. The average Bonchev–Trinajstić information content (AvgIpc) is 3.55. The second-order valence-corrected chi connectivity index (χ2v) is 11.7. The van der Waals surface area contributed by atoms with E-state index >= 15 is 0 Å². The van der Waals surface area contributed by atoms with Gasteiger partial charge in [0, 0.05) is 55.5 Å². The number of aryl methyl sites for hydroxylation is 1. The normalized spacial score (nSPS) is 19.7. The molecule has 9 heteroatoms. The fraction of sp³-hybridized carbons (Fsp3) is 0.367. The number of anilines is 2. The minimum absolute atomic E-state index is 0.0807. The second kappa shape index (κ2) is 10.7. The van der Waals surface area contributed by atoms with Gasteiger partial charge in [-0.2, -0.15) is 0 Å². The van der Waals surface area contributed by atoms with Gasteiger partial charge >= 0.3 is 6.03 Å². The number of amides is 3. The summed E-state index contributed by atoms with van der Waals surface area (Å²) in [6, 6.07) is 14.6. The summed E-state index contributed by atoms with van der Waals surface area (Å²) in [5.41, 5.74) is 4.87. The van der Waals surface area contributed by atoms with Crippen molar-refractivity contribution in [3.8, 4) is 0 Å². The zero-order valence-corrected chi connectivity index (χ0v) is 23.1. The van der Waals surface area contributed by atoms with Crippen LogP contribution < -0.4 is 15.5 Å². The van der Waals surface area contributed by atoms with E-state index in [4.69, 9.17) is 23.2 Å². The Morgan fingerprint density at radius 2 is 1.69 bits per heavy atom. The number of aromatic nitrogens is 1. The second-order valence-electron chi connectivity index (χ2n) is 10.9. The van der Waals surface area contributed by atoms with Crippen LogP contribution in [0, 0.1) is 5.41 Å². The number of nitrogens with one attached hydrogen (secondary N) is 2. The average molecular weight is 565 g/mol. The van der Waals surface area contributed by atoms with Gasteiger partial charge in [0.1, 0.15) is 0 Å². The van der Waals surface area contributed by atoms with Gasteiger partial charge < -0.3 is 20.4 Å². The van der Waals surface area contributed by atoms with Crippen LogP contribution in [0.3, 0.4) is 0 Å². The molecule has 3 amide bonds. The number of hydrogen-bond acceptors (Lipinski definition) is 4. The number of pyridine rings is 1. The van der Waals surface area contributed by atoms with Crippen LogP contribution in [-0.2, 0) is 6.42 Å². The molecule has 2 aromatic carbocycles. The summed E-state index contributed by atoms with van der Waals surface area (Å²) < 4.78 is 0. The lowest BCUT2D eigenvalue weighted by Crippen LogP contribution is -2.42. The van der Waals surface area contributed by atoms with Crippen molar-refractivity contribution in [2.75, 3.05) is 36.4 Å². The number of carbonyl (C=O) groups is 2. The third-order valence-electron chi connectivity index (χ3n) is 8.53. The van der Waals surface area contributed by atoms with Crippen LogP contribution in [0.15, 0.2) is 60.9 Å². The minimum Gasteiger partial charge on any atom is -0.371 e. The fourth-order valence-electron chi connectivity index (χ4n) is 6.28. The Morgan fingerprint density at radius 1 is 0.923 bits per heavy atom. The number of rotatable bonds is 4. The minimum atomic E-state index is -0.317. The molecule has 0 saturated carbocycles. The van der Waals surface area contributed by atoms with Gasteiger partial charge in [-0.3, -0.25) is 9.78 Å². The number of benzene rings is 2. The van der Waals surface area contributed by atoms with E-state index in [9.17, 15) is 9.59 Å². The highest BCUT2D eigenvalue weighted by Gasteiger charge is 2.42. The highest BCUT2D eigenvalue weighted by Crippen LogP contribution is 2.42. The smallest absolute Gasteiger partial charge is 0.319 e. The van der Waals surface area contributed by atoms with Crippen molar-refractivity contribution in [3.05, 3.63) is 87.7 Å². The zero-order valence-electron chi connectivity index (χ0n) is 21.6. The summed E-state index contributed by atoms with van der Waals surface area (Å²) >= 11 is 12.0. The van der Waals surface area contributed by atoms with Crippen LogP contribution in [0.1, 0.15) is 53.2 Å². The monoisotopic (exact) mass is 563 g/mol. The van der Waals surface area contributed by atoms with Crippen LogP contribution in [-0.4, -0.2) is 48.0 Å². The lowest BCUT2D eigenvalue weighted by atomic mass is 9.77. The van der Waals surface area contributed by atoms with Gasteiger partial charge in [0.05, 0.1) is 16.1 Å². The Kier molecular flexibility index (Phi) is 7.12. The van der Waals surface area contributed by atoms with Gasteiger partial charge in [-0.25, -0.2) is 4.79 Å². The third kappa shape index (κ3) is 5.43. The van der Waals surface area contributed by atoms with Crippen LogP contribution in [0.25, 0.3) is 0 Å². The van der Waals surface area contributed by atoms with Gasteiger partial charge in [0.15, 0.2) is 0 Å². The number of carbonyl (C=O) groups excluding carboxylic acids is 2. The number of urea groups is 1. The molecule has 3 aliphatic rings. The number of likely N-dealkylation sites (tertiary alicyclic amines) is 1. The molecular formula is C30H31Cl2N5O2. The largest absolute Gasteiger partial charge is 0.371 e. The van der Waals surface area contributed by atoms with Gasteiger partial charge in [-0.1, -0.05) is 29.3 Å². The first-order valence-electron chi connectivity index (χ1n) is 13.5. The Bertz CT molecular complexity index is 1390. The van der Waals surface area contributed by atoms with E-state index in [1.165, 1.54) is 11.3 Å². The van der Waals surface area contributed by atoms with Crippen LogP contribution in [0.5, 0.6) is 0 Å². The van der Waals surface area contributed by atoms with Crippen molar-refractivity contribution in [3.63, 3.8) is 0 Å². The lowest BCUT2D eigenvalue weighted by Gasteiger charge is -2.40. The molecule has 2 aliphatic heterocycles. The van der Waals surface area contributed by atoms with E-state index in [0.29, 0.717) is 21.3 Å². The van der Waals surface area contributed by atoms with E-state index in [1.807, 2.05) is 35.5 Å². The molecule has 0 bridgehead atoms. The molecule has 202 valence electrons. The van der Waals surface area contributed by atoms with E-state index < -0.39 is 0 Å². The maximum Gasteiger partial charge on any atom is 0.319 e. The predicted octanol–water partition coefficient (Wildman–Crippen LogP) is 6.33. The van der Waals surface area contributed by atoms with Crippen molar-refractivity contribution in [1.82, 2.24) is 15.2 Å². The maximum absolute atomic E-state index is 13.6. The molecule has 39 heavy (non-hydrogen) atoms. The summed E-state index contributed by atoms with van der Waals surface area (Å²) in [5, 5.41) is 6.69. The Balaban J connectivity index is 1.08. The molecule has 1 unspecified atom stereocenters. The molecule has 3 aromatic rings. The van der Waals surface area contributed by atoms with E-state index in [2.05, 4.69) is 32.7 Å². The van der Waals surface area contributed by atoms with Crippen LogP contribution in [0.2, 0.25) is 10.0 Å². The standard InChI is InChI=1S/C30H31Cl2N5O2/c31-25-5-4-22(18-26(25)32)34-29(39)35-27-6-3-20-1-2-21(17-24(20)27)28(38)37-16-11-30(19-37)9-14-36(15-10-30)23-7-12-33-13-8-23/h1-2,4-5,7-8,12-13,17-18,27H,3,6,9-11,14-16,19H2,(H2,34,35,39). The van der Waals surface area contributed by atoms with Gasteiger partial charge in [0.2, 0.25) is 0 Å². The number of hydrogen-bond donors (Lipinski definition) is 2. The SMILES string of the molecule is O=C(Nc1ccc(Cl)c(Cl)c1)NC1CCc2ccc(C(=O)N3CCC4(CCN(c5ccncc5)CC4)C3)cc21. The van der Waals surface area contributed by atoms with Crippen LogP contribution >= 0.6 is 23.2 Å². The Labute approximate surface area is 238 Å². The Hall–Kier alpha value is -3.29. The Morgan fingerprint density at radius 3 is 2.46 bits per heavy atom. The maximum atomic E-state index is 13.6. The van der Waals surface area contributed by atoms with Crippen molar-refractivity contribution >= 4 is 46.5 Å². The van der Waals surface area contributed by atoms with Gasteiger partial charge in [-0.15, -0.1) is 0 Å². The summed E-state index contributed by atoms with van der Waals surface area (Å²) in [6.45, 7) is 3.60. The molecular weight excluding hydrogens is 533 g/mol. The summed E-state index contributed by atoms with van der Waals surface area (Å²) in [7, 11) is 0. The molecule has 2 fully saturated rings. The molecule has 2 saturated heterocycles. The van der Waals surface area contributed by atoms with Crippen molar-refractivity contribution in [2.45, 2.75) is 38.1 Å². The number of halogens is 2. The van der Waals surface area contributed by atoms with Crippen molar-refractivity contribution in [1.29, 1.82) is 0 Å². The number of nitrogens with zero attached hydrogens (tertiary/aromatic N) is 3. The number of piperidine rings is 1. The molecule has 6 rings (SSSR count). The topological polar surface area (TPSA) is 77.6 Å². The molecule has 0 radical (unpaired) electrons.